The molecule has 6 nitrogen and oxygen atoms in total. The van der Waals surface area contributed by atoms with Crippen molar-refractivity contribution in [2.75, 3.05) is 0 Å². The molecule has 0 aliphatic carbocycles. The standard InChI is InChI=1S/C21H22N2O4/c1-21(2,3)27-20(26)17(19(24)25)16(13-8-5-4-6-9-13)14-12-23-15-10-7-11-22-18(14)15/h4-12,16-17,23H,1-3H3,(H,24,25). The molecule has 0 aliphatic heterocycles. The molecule has 3 aromatic rings. The van der Waals surface area contributed by atoms with Crippen LogP contribution in [0, 0.1) is 5.92 Å². The van der Waals surface area contributed by atoms with Gasteiger partial charge >= 0.3 is 11.9 Å². The van der Waals surface area contributed by atoms with Gasteiger partial charge in [0.25, 0.3) is 0 Å². The minimum absolute atomic E-state index is 0.640. The molecule has 0 radical (unpaired) electrons. The number of carbonyl (C=O) groups excluding carboxylic acids is 1. The van der Waals surface area contributed by atoms with Gasteiger partial charge in [-0.1, -0.05) is 30.3 Å². The van der Waals surface area contributed by atoms with Crippen molar-refractivity contribution < 1.29 is 19.4 Å². The Kier molecular flexibility index (Phi) is 4.99. The van der Waals surface area contributed by atoms with Crippen LogP contribution in [-0.2, 0) is 14.3 Å². The first kappa shape index (κ1) is 18.6. The normalized spacial score (nSPS) is 13.9. The van der Waals surface area contributed by atoms with Gasteiger partial charge in [-0.3, -0.25) is 14.6 Å². The Hall–Kier alpha value is -3.15. The van der Waals surface area contributed by atoms with E-state index in [2.05, 4.69) is 9.97 Å². The summed E-state index contributed by atoms with van der Waals surface area (Å²) in [4.78, 5) is 32.5. The number of benzene rings is 1. The number of esters is 1. The SMILES string of the molecule is CC(C)(C)OC(=O)C(C(=O)O)C(c1ccccc1)c1c[nH]c2cccnc12. The van der Waals surface area contributed by atoms with Crippen molar-refractivity contribution in [2.45, 2.75) is 32.3 Å². The molecule has 0 saturated heterocycles. The maximum Gasteiger partial charge on any atom is 0.321 e. The number of carboxylic acid groups (broad SMARTS) is 1. The van der Waals surface area contributed by atoms with Crippen molar-refractivity contribution >= 4 is 23.0 Å². The van der Waals surface area contributed by atoms with Gasteiger partial charge in [0.2, 0.25) is 0 Å². The lowest BCUT2D eigenvalue weighted by Gasteiger charge is -2.27. The lowest BCUT2D eigenvalue weighted by molar-refractivity contribution is -0.167. The minimum atomic E-state index is -1.40. The first-order valence-electron chi connectivity index (χ1n) is 8.70. The Labute approximate surface area is 157 Å². The van der Waals surface area contributed by atoms with Gasteiger partial charge in [0, 0.05) is 23.9 Å². The quantitative estimate of drug-likeness (QED) is 0.530. The summed E-state index contributed by atoms with van der Waals surface area (Å²) in [7, 11) is 0. The number of carbonyl (C=O) groups is 2. The van der Waals surface area contributed by atoms with Gasteiger partial charge in [-0.05, 0) is 38.5 Å². The third kappa shape index (κ3) is 4.00. The molecular formula is C21H22N2O4. The highest BCUT2D eigenvalue weighted by Crippen LogP contribution is 2.37. The molecule has 27 heavy (non-hydrogen) atoms. The van der Waals surface area contributed by atoms with E-state index in [4.69, 9.17) is 4.74 Å². The molecule has 6 heteroatoms. The third-order valence-electron chi connectivity index (χ3n) is 4.22. The average Bonchev–Trinajstić information content (AvgIpc) is 3.02. The fraction of sp³-hybridized carbons (Fsp3) is 0.286. The van der Waals surface area contributed by atoms with Crippen LogP contribution in [0.3, 0.4) is 0 Å². The molecule has 0 amide bonds. The van der Waals surface area contributed by atoms with E-state index in [1.165, 1.54) is 0 Å². The van der Waals surface area contributed by atoms with Gasteiger partial charge < -0.3 is 14.8 Å². The molecule has 2 atom stereocenters. The van der Waals surface area contributed by atoms with Crippen LogP contribution < -0.4 is 0 Å². The highest BCUT2D eigenvalue weighted by molar-refractivity contribution is 5.97. The zero-order valence-corrected chi connectivity index (χ0v) is 15.5. The van der Waals surface area contributed by atoms with Gasteiger partial charge in [-0.15, -0.1) is 0 Å². The zero-order chi connectivity index (χ0) is 19.6. The summed E-state index contributed by atoms with van der Waals surface area (Å²) < 4.78 is 5.42. The van der Waals surface area contributed by atoms with Crippen LogP contribution in [-0.4, -0.2) is 32.6 Å². The van der Waals surface area contributed by atoms with Crippen molar-refractivity contribution in [3.63, 3.8) is 0 Å². The average molecular weight is 366 g/mol. The number of nitrogens with one attached hydrogen (secondary N) is 1. The van der Waals surface area contributed by atoms with E-state index in [0.29, 0.717) is 16.6 Å². The monoisotopic (exact) mass is 366 g/mol. The van der Waals surface area contributed by atoms with Crippen molar-refractivity contribution in [2.24, 2.45) is 5.92 Å². The van der Waals surface area contributed by atoms with Crippen molar-refractivity contribution in [3.8, 4) is 0 Å². The molecule has 0 aliphatic rings. The Morgan fingerprint density at radius 3 is 2.44 bits per heavy atom. The topological polar surface area (TPSA) is 92.3 Å². The number of aromatic amines is 1. The molecule has 2 heterocycles. The van der Waals surface area contributed by atoms with Gasteiger partial charge in [0.15, 0.2) is 5.92 Å². The van der Waals surface area contributed by atoms with Gasteiger partial charge in [0.1, 0.15) is 5.60 Å². The largest absolute Gasteiger partial charge is 0.481 e. The van der Waals surface area contributed by atoms with Crippen LogP contribution in [0.25, 0.3) is 11.0 Å². The first-order valence-corrected chi connectivity index (χ1v) is 8.70. The molecule has 0 fully saturated rings. The summed E-state index contributed by atoms with van der Waals surface area (Å²) in [6, 6.07) is 12.8. The molecule has 1 aromatic carbocycles. The molecule has 0 spiro atoms. The molecule has 2 unspecified atom stereocenters. The number of rotatable bonds is 5. The lowest BCUT2D eigenvalue weighted by Crippen LogP contribution is -2.36. The van der Waals surface area contributed by atoms with E-state index in [1.54, 1.807) is 39.2 Å². The second-order valence-corrected chi connectivity index (χ2v) is 7.38. The van der Waals surface area contributed by atoms with Crippen LogP contribution in [0.1, 0.15) is 37.8 Å². The number of ether oxygens (including phenoxy) is 1. The number of aliphatic carboxylic acids is 1. The summed E-state index contributed by atoms with van der Waals surface area (Å²) >= 11 is 0. The Morgan fingerprint density at radius 2 is 1.81 bits per heavy atom. The Morgan fingerprint density at radius 1 is 1.11 bits per heavy atom. The summed E-state index contributed by atoms with van der Waals surface area (Å²) in [5.74, 6) is -4.13. The number of aromatic nitrogens is 2. The molecule has 0 saturated carbocycles. The van der Waals surface area contributed by atoms with Crippen LogP contribution >= 0.6 is 0 Å². The second-order valence-electron chi connectivity index (χ2n) is 7.38. The fourth-order valence-electron chi connectivity index (χ4n) is 3.17. The summed E-state index contributed by atoms with van der Waals surface area (Å²) in [5.41, 5.74) is 1.99. The maximum absolute atomic E-state index is 12.8. The van der Waals surface area contributed by atoms with E-state index in [1.807, 2.05) is 36.4 Å². The molecule has 140 valence electrons. The number of carboxylic acids is 1. The first-order chi connectivity index (χ1) is 12.8. The van der Waals surface area contributed by atoms with Gasteiger partial charge in [-0.25, -0.2) is 0 Å². The summed E-state index contributed by atoms with van der Waals surface area (Å²) in [5, 5.41) is 9.91. The van der Waals surface area contributed by atoms with E-state index < -0.39 is 29.4 Å². The van der Waals surface area contributed by atoms with Crippen LogP contribution in [0.4, 0.5) is 0 Å². The van der Waals surface area contributed by atoms with Crippen molar-refractivity contribution in [1.82, 2.24) is 9.97 Å². The third-order valence-corrected chi connectivity index (χ3v) is 4.22. The van der Waals surface area contributed by atoms with E-state index in [9.17, 15) is 14.7 Å². The van der Waals surface area contributed by atoms with Crippen LogP contribution in [0.15, 0.2) is 54.9 Å². The Bertz CT molecular complexity index is 957. The predicted molar refractivity (Wildman–Crippen MR) is 101 cm³/mol. The minimum Gasteiger partial charge on any atom is -0.481 e. The number of nitrogens with zero attached hydrogens (tertiary/aromatic N) is 1. The van der Waals surface area contributed by atoms with E-state index >= 15 is 0 Å². The maximum atomic E-state index is 12.8. The smallest absolute Gasteiger partial charge is 0.321 e. The van der Waals surface area contributed by atoms with Crippen LogP contribution in [0.2, 0.25) is 0 Å². The molecule has 3 rings (SSSR count). The van der Waals surface area contributed by atoms with Crippen molar-refractivity contribution in [1.29, 1.82) is 0 Å². The molecule has 2 aromatic heterocycles. The lowest BCUT2D eigenvalue weighted by atomic mass is 9.81. The number of fused-ring (bicyclic) bond motifs is 1. The summed E-state index contributed by atoms with van der Waals surface area (Å²) in [6.07, 6.45) is 3.36. The van der Waals surface area contributed by atoms with Gasteiger partial charge in [0.05, 0.1) is 11.0 Å². The Balaban J connectivity index is 2.17. The highest BCUT2D eigenvalue weighted by atomic mass is 16.6. The van der Waals surface area contributed by atoms with E-state index in [0.717, 1.165) is 5.52 Å². The number of H-pyrrole nitrogens is 1. The second kappa shape index (κ2) is 7.23. The van der Waals surface area contributed by atoms with E-state index in [-0.39, 0.29) is 0 Å². The summed E-state index contributed by atoms with van der Waals surface area (Å²) in [6.45, 7) is 5.15. The highest BCUT2D eigenvalue weighted by Gasteiger charge is 2.41. The van der Waals surface area contributed by atoms with Crippen LogP contribution in [0.5, 0.6) is 0 Å². The zero-order valence-electron chi connectivity index (χ0n) is 15.5. The number of hydrogen-bond acceptors (Lipinski definition) is 4. The predicted octanol–water partition coefficient (Wildman–Crippen LogP) is 3.74. The van der Waals surface area contributed by atoms with Gasteiger partial charge in [-0.2, -0.15) is 0 Å². The fourth-order valence-corrected chi connectivity index (χ4v) is 3.17. The number of pyridine rings is 1. The number of hydrogen-bond donors (Lipinski definition) is 2. The molecular weight excluding hydrogens is 344 g/mol. The van der Waals surface area contributed by atoms with Crippen molar-refractivity contribution in [3.05, 3.63) is 66.0 Å². The molecule has 0 bridgehead atoms. The molecule has 2 N–H and O–H groups in total.